The lowest BCUT2D eigenvalue weighted by molar-refractivity contribution is 0.0641. The van der Waals surface area contributed by atoms with Gasteiger partial charge in [-0.25, -0.2) is 8.42 Å². The first-order chi connectivity index (χ1) is 12.5. The molecule has 0 radical (unpaired) electrons. The number of nitrogens with one attached hydrogen (secondary N) is 1. The Morgan fingerprint density at radius 3 is 2.81 bits per heavy atom. The van der Waals surface area contributed by atoms with E-state index in [0.29, 0.717) is 36.4 Å². The van der Waals surface area contributed by atoms with E-state index in [2.05, 4.69) is 10.4 Å². The molecule has 2 aliphatic carbocycles. The highest BCUT2D eigenvalue weighted by atomic mass is 32.2. The Balaban J connectivity index is 1.37. The molecule has 26 heavy (non-hydrogen) atoms. The summed E-state index contributed by atoms with van der Waals surface area (Å²) in [5.41, 5.74) is 2.75. The second-order valence-electron chi connectivity index (χ2n) is 8.29. The van der Waals surface area contributed by atoms with Crippen LogP contribution in [0.2, 0.25) is 0 Å². The molecule has 1 saturated carbocycles. The molecule has 1 aromatic heterocycles. The highest BCUT2D eigenvalue weighted by Crippen LogP contribution is 2.57. The van der Waals surface area contributed by atoms with Gasteiger partial charge in [-0.2, -0.15) is 5.10 Å². The summed E-state index contributed by atoms with van der Waals surface area (Å²) < 4.78 is 31.1. The molecule has 0 aromatic carbocycles. The number of hydrogen-bond acceptors (Lipinski definition) is 5. The zero-order valence-corrected chi connectivity index (χ0v) is 15.6. The molecule has 2 saturated heterocycles. The maximum atomic E-state index is 12.8. The van der Waals surface area contributed by atoms with Gasteiger partial charge in [-0.05, 0) is 43.9 Å². The molecule has 0 spiro atoms. The van der Waals surface area contributed by atoms with Crippen LogP contribution in [0, 0.1) is 11.8 Å². The number of carbonyl (C=O) groups is 1. The van der Waals surface area contributed by atoms with Gasteiger partial charge >= 0.3 is 0 Å². The monoisotopic (exact) mass is 379 g/mol. The first-order valence-corrected chi connectivity index (χ1v) is 11.5. The minimum Gasteiger partial charge on any atom is -0.381 e. The number of ether oxygens (including phenoxy) is 1. The van der Waals surface area contributed by atoms with E-state index in [4.69, 9.17) is 4.74 Å². The van der Waals surface area contributed by atoms with E-state index in [-0.39, 0.29) is 23.5 Å². The average Bonchev–Trinajstić information content (AvgIpc) is 2.97. The highest BCUT2D eigenvalue weighted by Gasteiger charge is 2.51. The fourth-order valence-electron chi connectivity index (χ4n) is 4.85. The summed E-state index contributed by atoms with van der Waals surface area (Å²) in [5.74, 6) is 1.87. The molecule has 7 nitrogen and oxygen atoms in total. The Labute approximate surface area is 153 Å². The van der Waals surface area contributed by atoms with Crippen LogP contribution in [0.1, 0.15) is 59.4 Å². The summed E-state index contributed by atoms with van der Waals surface area (Å²) in [5, 5.41) is 7.70. The summed E-state index contributed by atoms with van der Waals surface area (Å²) in [6.45, 7) is 2.20. The molecule has 3 atom stereocenters. The van der Waals surface area contributed by atoms with Gasteiger partial charge in [-0.1, -0.05) is 0 Å². The lowest BCUT2D eigenvalue weighted by Crippen LogP contribution is -2.33. The van der Waals surface area contributed by atoms with E-state index in [1.807, 2.05) is 4.68 Å². The van der Waals surface area contributed by atoms with Crippen LogP contribution in [-0.4, -0.2) is 55.4 Å². The molecule has 4 aliphatic rings. The number of rotatable bonds is 4. The lowest BCUT2D eigenvalue weighted by atomic mass is 10.0. The molecule has 142 valence electrons. The van der Waals surface area contributed by atoms with Gasteiger partial charge in [0, 0.05) is 36.9 Å². The summed E-state index contributed by atoms with van der Waals surface area (Å²) in [6.07, 6.45) is 4.64. The normalized spacial score (nSPS) is 32.2. The van der Waals surface area contributed by atoms with E-state index in [0.717, 1.165) is 50.2 Å². The predicted molar refractivity (Wildman–Crippen MR) is 95.0 cm³/mol. The Morgan fingerprint density at radius 2 is 2.08 bits per heavy atom. The number of carbonyl (C=O) groups excluding carboxylic acids is 1. The number of nitrogens with zero attached hydrogens (tertiary/aromatic N) is 2. The number of aromatic nitrogens is 2. The van der Waals surface area contributed by atoms with Gasteiger partial charge in [0.05, 0.1) is 17.5 Å². The molecule has 1 N–H and O–H groups in total. The third kappa shape index (κ3) is 2.87. The quantitative estimate of drug-likeness (QED) is 0.845. The van der Waals surface area contributed by atoms with Crippen LogP contribution in [0.4, 0.5) is 0 Å². The molecular weight excluding hydrogens is 354 g/mol. The summed E-state index contributed by atoms with van der Waals surface area (Å²) >= 11 is 0. The number of hydrogen-bond donors (Lipinski definition) is 1. The maximum absolute atomic E-state index is 12.8. The highest BCUT2D eigenvalue weighted by molar-refractivity contribution is 7.91. The van der Waals surface area contributed by atoms with Crippen LogP contribution in [0.15, 0.2) is 0 Å². The van der Waals surface area contributed by atoms with Gasteiger partial charge in [0.25, 0.3) is 5.91 Å². The minimum atomic E-state index is -2.97. The van der Waals surface area contributed by atoms with Crippen LogP contribution in [-0.2, 0) is 21.0 Å². The van der Waals surface area contributed by atoms with Crippen molar-refractivity contribution in [3.8, 4) is 0 Å². The topological polar surface area (TPSA) is 90.3 Å². The first kappa shape index (κ1) is 16.7. The lowest BCUT2D eigenvalue weighted by Gasteiger charge is -2.22. The van der Waals surface area contributed by atoms with Crippen LogP contribution >= 0.6 is 0 Å². The molecule has 1 aromatic rings. The third-order valence-corrected chi connectivity index (χ3v) is 8.20. The van der Waals surface area contributed by atoms with Gasteiger partial charge in [-0.15, -0.1) is 0 Å². The van der Waals surface area contributed by atoms with Crippen molar-refractivity contribution in [1.29, 1.82) is 0 Å². The minimum absolute atomic E-state index is 0.103. The predicted octanol–water partition coefficient (Wildman–Crippen LogP) is 1.06. The summed E-state index contributed by atoms with van der Waals surface area (Å²) in [4.78, 5) is 12.8. The Morgan fingerprint density at radius 1 is 1.27 bits per heavy atom. The molecule has 8 heteroatoms. The van der Waals surface area contributed by atoms with Crippen molar-refractivity contribution in [1.82, 2.24) is 15.1 Å². The van der Waals surface area contributed by atoms with Crippen molar-refractivity contribution in [2.45, 2.75) is 44.1 Å². The van der Waals surface area contributed by atoms with Crippen LogP contribution < -0.4 is 5.32 Å². The largest absolute Gasteiger partial charge is 0.381 e. The first-order valence-electron chi connectivity index (χ1n) is 9.69. The van der Waals surface area contributed by atoms with Gasteiger partial charge in [-0.3, -0.25) is 9.48 Å². The summed E-state index contributed by atoms with van der Waals surface area (Å²) in [7, 11) is -2.97. The van der Waals surface area contributed by atoms with Crippen molar-refractivity contribution in [2.75, 3.05) is 31.3 Å². The fraction of sp³-hybridized carbons (Fsp3) is 0.778. The van der Waals surface area contributed by atoms with Gasteiger partial charge in [0.1, 0.15) is 0 Å². The molecular formula is C18H25N3O4S. The van der Waals surface area contributed by atoms with Crippen LogP contribution in [0.3, 0.4) is 0 Å². The number of amides is 1. The molecule has 0 bridgehead atoms. The standard InChI is InChI=1S/C18H25N3O4S/c22-18(19-9-11-1-4-25-5-2-11)16-15-8-12-7-14(12)17(15)21(20-16)13-3-6-26(23,24)10-13/h11-14H,1-10H2,(H,19,22)/t12-,13?,14-/m1/s1. The Hall–Kier alpha value is -1.41. The van der Waals surface area contributed by atoms with Crippen molar-refractivity contribution in [3.05, 3.63) is 17.0 Å². The number of fused-ring (bicyclic) bond motifs is 3. The summed E-state index contributed by atoms with van der Waals surface area (Å²) in [6, 6.07) is -0.106. The molecule has 2 aliphatic heterocycles. The van der Waals surface area contributed by atoms with Crippen molar-refractivity contribution >= 4 is 15.7 Å². The molecule has 1 unspecified atom stereocenters. The van der Waals surface area contributed by atoms with E-state index in [1.165, 1.54) is 0 Å². The molecule has 3 heterocycles. The number of sulfone groups is 1. The second-order valence-corrected chi connectivity index (χ2v) is 10.5. The second kappa shape index (κ2) is 6.05. The van der Waals surface area contributed by atoms with Crippen molar-refractivity contribution in [2.24, 2.45) is 11.8 Å². The molecule has 3 fully saturated rings. The van der Waals surface area contributed by atoms with E-state index >= 15 is 0 Å². The average molecular weight is 379 g/mol. The van der Waals surface area contributed by atoms with E-state index in [9.17, 15) is 13.2 Å². The third-order valence-electron chi connectivity index (χ3n) is 6.45. The van der Waals surface area contributed by atoms with E-state index < -0.39 is 9.84 Å². The zero-order chi connectivity index (χ0) is 17.9. The van der Waals surface area contributed by atoms with Gasteiger partial charge < -0.3 is 10.1 Å². The van der Waals surface area contributed by atoms with Gasteiger partial charge in [0.2, 0.25) is 0 Å². The maximum Gasteiger partial charge on any atom is 0.272 e. The van der Waals surface area contributed by atoms with Crippen molar-refractivity contribution in [3.63, 3.8) is 0 Å². The fourth-order valence-corrected chi connectivity index (χ4v) is 6.54. The Kier molecular flexibility index (Phi) is 3.90. The Bertz CT molecular complexity index is 841. The van der Waals surface area contributed by atoms with Crippen LogP contribution in [0.25, 0.3) is 0 Å². The van der Waals surface area contributed by atoms with Gasteiger partial charge in [0.15, 0.2) is 15.5 Å². The van der Waals surface area contributed by atoms with Crippen molar-refractivity contribution < 1.29 is 17.9 Å². The SMILES string of the molecule is O=C(NCC1CCOCC1)c1nn(C2CCS(=O)(=O)C2)c2c1C[C@H]1C[C@@H]21. The molecule has 5 rings (SSSR count). The smallest absolute Gasteiger partial charge is 0.272 e. The zero-order valence-electron chi connectivity index (χ0n) is 14.8. The molecule has 1 amide bonds. The van der Waals surface area contributed by atoms with E-state index in [1.54, 1.807) is 0 Å². The van der Waals surface area contributed by atoms with Crippen LogP contribution in [0.5, 0.6) is 0 Å².